The number of aromatic nitrogens is 3. The molecule has 3 heterocycles. The van der Waals surface area contributed by atoms with Crippen LogP contribution in [0.25, 0.3) is 0 Å². The van der Waals surface area contributed by atoms with Crippen molar-refractivity contribution in [3.63, 3.8) is 0 Å². The fourth-order valence-electron chi connectivity index (χ4n) is 3.50. The van der Waals surface area contributed by atoms with Crippen molar-refractivity contribution in [2.45, 2.75) is 38.8 Å². The highest BCUT2D eigenvalue weighted by Gasteiger charge is 2.13. The maximum Gasteiger partial charge on any atom is 0.224 e. The van der Waals surface area contributed by atoms with Gasteiger partial charge in [-0.2, -0.15) is 5.10 Å². The minimum atomic E-state index is 0. The van der Waals surface area contributed by atoms with Gasteiger partial charge in [-0.3, -0.25) is 14.5 Å². The van der Waals surface area contributed by atoms with Crippen molar-refractivity contribution < 1.29 is 4.79 Å². The normalized spacial score (nSPS) is 12.3. The van der Waals surface area contributed by atoms with E-state index >= 15 is 0 Å². The number of hydrogen-bond acceptors (Lipinski definition) is 4. The lowest BCUT2D eigenvalue weighted by molar-refractivity contribution is -0.116. The smallest absolute Gasteiger partial charge is 0.224 e. The van der Waals surface area contributed by atoms with E-state index in [0.29, 0.717) is 12.8 Å². The monoisotopic (exact) mass is 447 g/mol. The lowest BCUT2D eigenvalue weighted by atomic mass is 10.1. The summed E-state index contributed by atoms with van der Waals surface area (Å²) in [4.78, 5) is 16.9. The summed E-state index contributed by atoms with van der Waals surface area (Å²) in [6.45, 7) is 2.69. The van der Waals surface area contributed by atoms with Crippen LogP contribution < -0.4 is 10.6 Å². The number of aryl methyl sites for hydroxylation is 3. The van der Waals surface area contributed by atoms with Crippen LogP contribution in [-0.4, -0.2) is 27.2 Å². The maximum atomic E-state index is 12.5. The minimum absolute atomic E-state index is 0. The van der Waals surface area contributed by atoms with Gasteiger partial charge in [0.05, 0.1) is 17.9 Å². The maximum absolute atomic E-state index is 12.5. The van der Waals surface area contributed by atoms with Crippen molar-refractivity contribution in [1.29, 1.82) is 0 Å². The predicted octanol–water partition coefficient (Wildman–Crippen LogP) is 3.58. The Bertz CT molecular complexity index is 922. The first-order valence-electron chi connectivity index (χ1n) is 9.82. The number of halogens is 2. The average Bonchev–Trinajstić information content (AvgIpc) is 3.15. The van der Waals surface area contributed by atoms with Crippen LogP contribution in [0.15, 0.2) is 54.7 Å². The zero-order chi connectivity index (χ0) is 19.2. The lowest BCUT2D eigenvalue weighted by Gasteiger charge is -2.13. The van der Waals surface area contributed by atoms with Crippen LogP contribution in [0.5, 0.6) is 0 Å². The number of carbonyl (C=O) groups excluding carboxylic acids is 1. The fraction of sp³-hybridized carbons (Fsp3) is 0.318. The van der Waals surface area contributed by atoms with E-state index in [0.717, 1.165) is 55.1 Å². The number of carbonyl (C=O) groups is 1. The molecule has 0 radical (unpaired) electrons. The second-order valence-corrected chi connectivity index (χ2v) is 7.05. The summed E-state index contributed by atoms with van der Waals surface area (Å²) in [7, 11) is 0. The van der Waals surface area contributed by atoms with E-state index in [9.17, 15) is 4.79 Å². The van der Waals surface area contributed by atoms with Gasteiger partial charge < -0.3 is 10.6 Å². The van der Waals surface area contributed by atoms with Crippen molar-refractivity contribution in [2.24, 2.45) is 0 Å². The molecule has 1 aromatic carbocycles. The van der Waals surface area contributed by atoms with Crippen molar-refractivity contribution in [2.75, 3.05) is 11.9 Å². The molecule has 0 atom stereocenters. The second kappa shape index (κ2) is 11.7. The molecule has 0 spiro atoms. The van der Waals surface area contributed by atoms with Gasteiger partial charge >= 0.3 is 0 Å². The van der Waals surface area contributed by atoms with Gasteiger partial charge in [-0.05, 0) is 42.7 Å². The third-order valence-electron chi connectivity index (χ3n) is 5.00. The molecular formula is C22H27Cl2N5O. The van der Waals surface area contributed by atoms with Gasteiger partial charge in [-0.25, -0.2) is 0 Å². The van der Waals surface area contributed by atoms with Gasteiger partial charge in [0, 0.05) is 43.5 Å². The van der Waals surface area contributed by atoms with Crippen LogP contribution in [-0.2, 0) is 37.1 Å². The zero-order valence-electron chi connectivity index (χ0n) is 16.7. The molecule has 8 heteroatoms. The number of fused-ring (bicyclic) bond motifs is 1. The number of pyridine rings is 1. The molecule has 0 bridgehead atoms. The Morgan fingerprint density at radius 3 is 2.67 bits per heavy atom. The zero-order valence-corrected chi connectivity index (χ0v) is 18.3. The number of para-hydroxylation sites is 1. The van der Waals surface area contributed by atoms with E-state index in [1.54, 1.807) is 0 Å². The molecule has 0 saturated heterocycles. The molecule has 0 saturated carbocycles. The predicted molar refractivity (Wildman–Crippen MR) is 123 cm³/mol. The number of anilines is 1. The van der Waals surface area contributed by atoms with Crippen LogP contribution in [0.3, 0.4) is 0 Å². The molecule has 0 fully saturated rings. The Hall–Kier alpha value is -2.41. The SMILES string of the molecule is Cl.Cl.O=C(CCc1cc2n(n1)CCNC2)Nc1ccccc1CCc1ccccn1. The van der Waals surface area contributed by atoms with Crippen LogP contribution in [0.1, 0.15) is 29.1 Å². The summed E-state index contributed by atoms with van der Waals surface area (Å²) in [5.74, 6) is 0.0226. The highest BCUT2D eigenvalue weighted by molar-refractivity contribution is 5.91. The summed E-state index contributed by atoms with van der Waals surface area (Å²) >= 11 is 0. The van der Waals surface area contributed by atoms with Gasteiger partial charge in [0.1, 0.15) is 0 Å². The van der Waals surface area contributed by atoms with E-state index in [-0.39, 0.29) is 30.7 Å². The van der Waals surface area contributed by atoms with E-state index in [2.05, 4.69) is 32.8 Å². The molecule has 1 amide bonds. The number of rotatable bonds is 7. The summed E-state index contributed by atoms with van der Waals surface area (Å²) in [6.07, 6.45) is 4.59. The molecule has 1 aliphatic heterocycles. The molecule has 160 valence electrons. The summed E-state index contributed by atoms with van der Waals surface area (Å²) in [5, 5.41) is 11.0. The molecule has 3 aromatic rings. The lowest BCUT2D eigenvalue weighted by Crippen LogP contribution is -2.28. The topological polar surface area (TPSA) is 71.8 Å². The molecule has 1 aliphatic rings. The summed E-state index contributed by atoms with van der Waals surface area (Å²) in [5.41, 5.74) is 5.25. The highest BCUT2D eigenvalue weighted by Crippen LogP contribution is 2.18. The quantitative estimate of drug-likeness (QED) is 0.580. The Morgan fingerprint density at radius 1 is 1.03 bits per heavy atom. The minimum Gasteiger partial charge on any atom is -0.326 e. The van der Waals surface area contributed by atoms with Crippen LogP contribution in [0.2, 0.25) is 0 Å². The van der Waals surface area contributed by atoms with Gasteiger partial charge in [0.2, 0.25) is 5.91 Å². The second-order valence-electron chi connectivity index (χ2n) is 7.05. The first kappa shape index (κ1) is 23.9. The first-order valence-corrected chi connectivity index (χ1v) is 9.82. The molecule has 30 heavy (non-hydrogen) atoms. The Balaban J connectivity index is 0.00000160. The van der Waals surface area contributed by atoms with Crippen LogP contribution in [0, 0.1) is 0 Å². The van der Waals surface area contributed by atoms with Gasteiger partial charge in [-0.15, -0.1) is 24.8 Å². The Morgan fingerprint density at radius 2 is 1.87 bits per heavy atom. The van der Waals surface area contributed by atoms with Crippen molar-refractivity contribution in [3.05, 3.63) is 77.4 Å². The van der Waals surface area contributed by atoms with E-state index < -0.39 is 0 Å². The third-order valence-corrected chi connectivity index (χ3v) is 5.00. The largest absolute Gasteiger partial charge is 0.326 e. The van der Waals surface area contributed by atoms with E-state index in [1.165, 1.54) is 5.69 Å². The molecular weight excluding hydrogens is 421 g/mol. The number of amides is 1. The molecule has 2 aromatic heterocycles. The van der Waals surface area contributed by atoms with Crippen molar-refractivity contribution in [1.82, 2.24) is 20.1 Å². The Kier molecular flexibility index (Phi) is 9.30. The standard InChI is InChI=1S/C22H25N5O.2ClH/c28-22(11-10-19-15-20-16-23-13-14-27(20)26-19)25-21-7-2-1-5-17(21)8-9-18-6-3-4-12-24-18;;/h1-7,12,15,23H,8-11,13-14,16H2,(H,25,28);2*1H. The average molecular weight is 448 g/mol. The van der Waals surface area contributed by atoms with Crippen LogP contribution >= 0.6 is 24.8 Å². The third kappa shape index (κ3) is 6.29. The summed E-state index contributed by atoms with van der Waals surface area (Å²) in [6, 6.07) is 16.0. The Labute approximate surface area is 189 Å². The number of hydrogen-bond donors (Lipinski definition) is 2. The fourth-order valence-corrected chi connectivity index (χ4v) is 3.50. The van der Waals surface area contributed by atoms with E-state index in [1.807, 2.05) is 47.3 Å². The molecule has 4 rings (SSSR count). The van der Waals surface area contributed by atoms with Gasteiger partial charge in [0.15, 0.2) is 0 Å². The molecule has 0 unspecified atom stereocenters. The van der Waals surface area contributed by atoms with E-state index in [4.69, 9.17) is 0 Å². The number of nitrogens with one attached hydrogen (secondary N) is 2. The first-order chi connectivity index (χ1) is 13.8. The number of nitrogens with zero attached hydrogens (tertiary/aromatic N) is 3. The van der Waals surface area contributed by atoms with Gasteiger partial charge in [-0.1, -0.05) is 24.3 Å². The van der Waals surface area contributed by atoms with Crippen LogP contribution in [0.4, 0.5) is 5.69 Å². The van der Waals surface area contributed by atoms with Crippen molar-refractivity contribution >= 4 is 36.4 Å². The van der Waals surface area contributed by atoms with Gasteiger partial charge in [0.25, 0.3) is 0 Å². The van der Waals surface area contributed by atoms with Crippen molar-refractivity contribution in [3.8, 4) is 0 Å². The number of benzene rings is 1. The molecule has 2 N–H and O–H groups in total. The highest BCUT2D eigenvalue weighted by atomic mass is 35.5. The molecule has 6 nitrogen and oxygen atoms in total. The summed E-state index contributed by atoms with van der Waals surface area (Å²) < 4.78 is 2.04. The molecule has 0 aliphatic carbocycles.